The predicted molar refractivity (Wildman–Crippen MR) is 91.9 cm³/mol. The van der Waals surface area contributed by atoms with Crippen molar-refractivity contribution < 1.29 is 18.7 Å². The number of benzene rings is 1. The van der Waals surface area contributed by atoms with Crippen LogP contribution in [0.3, 0.4) is 0 Å². The fourth-order valence-corrected chi connectivity index (χ4v) is 3.03. The zero-order valence-electron chi connectivity index (χ0n) is 14.0. The summed E-state index contributed by atoms with van der Waals surface area (Å²) in [5, 5.41) is 0.590. The van der Waals surface area contributed by atoms with Crippen LogP contribution in [0.15, 0.2) is 47.1 Å². The van der Waals surface area contributed by atoms with Crippen LogP contribution in [0.5, 0.6) is 0 Å². The van der Waals surface area contributed by atoms with E-state index in [0.29, 0.717) is 17.3 Å². The Labute approximate surface area is 150 Å². The highest BCUT2D eigenvalue weighted by molar-refractivity contribution is 6.30. The lowest BCUT2D eigenvalue weighted by atomic mass is 9.97. The van der Waals surface area contributed by atoms with Gasteiger partial charge in [0, 0.05) is 19.1 Å². The monoisotopic (exact) mass is 362 g/mol. The third-order valence-corrected chi connectivity index (χ3v) is 4.54. The Morgan fingerprint density at radius 2 is 2.04 bits per heavy atom. The summed E-state index contributed by atoms with van der Waals surface area (Å²) < 4.78 is 10.9. The van der Waals surface area contributed by atoms with Crippen LogP contribution in [0.25, 0.3) is 0 Å². The summed E-state index contributed by atoms with van der Waals surface area (Å²) in [4.78, 5) is 28.1. The molecule has 25 heavy (non-hydrogen) atoms. The standard InChI is InChI=1S/C18H19ClN2O4/c1-20(10-14-4-3-9-24-14)18(23)17-16(21(2)15(22)11-25-17)12-5-7-13(19)8-6-12/h3-9,16-17H,10-11H2,1-2H3/t16-,17+/m0/s1. The quantitative estimate of drug-likeness (QED) is 0.838. The van der Waals surface area contributed by atoms with Crippen LogP contribution in [0.1, 0.15) is 17.4 Å². The van der Waals surface area contributed by atoms with E-state index < -0.39 is 12.1 Å². The summed E-state index contributed by atoms with van der Waals surface area (Å²) in [6.07, 6.45) is 0.775. The van der Waals surface area contributed by atoms with Gasteiger partial charge < -0.3 is 19.0 Å². The second-order valence-corrected chi connectivity index (χ2v) is 6.44. The van der Waals surface area contributed by atoms with Crippen LogP contribution < -0.4 is 0 Å². The van der Waals surface area contributed by atoms with Gasteiger partial charge in [0.1, 0.15) is 12.4 Å². The molecule has 3 rings (SSSR count). The van der Waals surface area contributed by atoms with E-state index in [9.17, 15) is 9.59 Å². The summed E-state index contributed by atoms with van der Waals surface area (Å²) in [6, 6.07) is 10.1. The molecule has 0 aliphatic carbocycles. The van der Waals surface area contributed by atoms with Gasteiger partial charge in [0.05, 0.1) is 18.8 Å². The van der Waals surface area contributed by atoms with Crippen molar-refractivity contribution in [1.29, 1.82) is 0 Å². The summed E-state index contributed by atoms with van der Waals surface area (Å²) in [5.74, 6) is 0.299. The third-order valence-electron chi connectivity index (χ3n) is 4.29. The second-order valence-electron chi connectivity index (χ2n) is 6.01. The first-order valence-corrected chi connectivity index (χ1v) is 8.25. The van der Waals surface area contributed by atoms with E-state index in [4.69, 9.17) is 20.8 Å². The molecule has 0 spiro atoms. The number of carbonyl (C=O) groups excluding carboxylic acids is 2. The lowest BCUT2D eigenvalue weighted by molar-refractivity contribution is -0.167. The van der Waals surface area contributed by atoms with Gasteiger partial charge in [0.15, 0.2) is 6.10 Å². The number of hydrogen-bond donors (Lipinski definition) is 0. The Kier molecular flexibility index (Phi) is 5.11. The lowest BCUT2D eigenvalue weighted by Gasteiger charge is -2.39. The second kappa shape index (κ2) is 7.29. The van der Waals surface area contributed by atoms with E-state index in [-0.39, 0.29) is 18.4 Å². The number of morpholine rings is 1. The molecule has 1 aromatic carbocycles. The maximum Gasteiger partial charge on any atom is 0.254 e. The van der Waals surface area contributed by atoms with Crippen molar-refractivity contribution in [3.8, 4) is 0 Å². The van der Waals surface area contributed by atoms with Crippen molar-refractivity contribution >= 4 is 23.4 Å². The minimum atomic E-state index is -0.788. The number of hydrogen-bond acceptors (Lipinski definition) is 4. The molecule has 0 bridgehead atoms. The number of amides is 2. The Morgan fingerprint density at radius 1 is 1.32 bits per heavy atom. The first-order chi connectivity index (χ1) is 12.0. The van der Waals surface area contributed by atoms with Crippen LogP contribution >= 0.6 is 11.6 Å². The maximum absolute atomic E-state index is 12.9. The summed E-state index contributed by atoms with van der Waals surface area (Å²) in [7, 11) is 3.36. The zero-order chi connectivity index (χ0) is 18.0. The molecule has 2 heterocycles. The fourth-order valence-electron chi connectivity index (χ4n) is 2.91. The van der Waals surface area contributed by atoms with E-state index >= 15 is 0 Å². The van der Waals surface area contributed by atoms with Crippen LogP contribution in [0, 0.1) is 0 Å². The van der Waals surface area contributed by atoms with E-state index in [2.05, 4.69) is 0 Å². The Balaban J connectivity index is 1.84. The predicted octanol–water partition coefficient (Wildman–Crippen LogP) is 2.49. The molecule has 7 heteroatoms. The number of likely N-dealkylation sites (N-methyl/N-ethyl adjacent to an activating group) is 2. The number of furan rings is 1. The van der Waals surface area contributed by atoms with Gasteiger partial charge in [-0.05, 0) is 29.8 Å². The highest BCUT2D eigenvalue weighted by Crippen LogP contribution is 2.31. The smallest absolute Gasteiger partial charge is 0.254 e. The van der Waals surface area contributed by atoms with Crippen molar-refractivity contribution in [2.24, 2.45) is 0 Å². The lowest BCUT2D eigenvalue weighted by Crippen LogP contribution is -2.53. The highest BCUT2D eigenvalue weighted by atomic mass is 35.5. The van der Waals surface area contributed by atoms with Gasteiger partial charge in [-0.15, -0.1) is 0 Å². The Morgan fingerprint density at radius 3 is 2.68 bits per heavy atom. The molecular formula is C18H19ClN2O4. The normalized spacial score (nSPS) is 20.6. The minimum absolute atomic E-state index is 0.119. The Hall–Kier alpha value is -2.31. The molecule has 2 aromatic rings. The molecule has 6 nitrogen and oxygen atoms in total. The molecule has 1 fully saturated rings. The number of halogens is 1. The summed E-state index contributed by atoms with van der Waals surface area (Å²) in [5.41, 5.74) is 0.796. The zero-order valence-corrected chi connectivity index (χ0v) is 14.8. The molecule has 0 radical (unpaired) electrons. The van der Waals surface area contributed by atoms with Gasteiger partial charge in [-0.2, -0.15) is 0 Å². The molecular weight excluding hydrogens is 344 g/mol. The summed E-state index contributed by atoms with van der Waals surface area (Å²) in [6.45, 7) is 0.211. The van der Waals surface area contributed by atoms with Gasteiger partial charge in [0.2, 0.25) is 5.91 Å². The number of ether oxygens (including phenoxy) is 1. The largest absolute Gasteiger partial charge is 0.467 e. The topological polar surface area (TPSA) is 63.0 Å². The SMILES string of the molecule is CN(Cc1ccco1)C(=O)[C@@H]1OCC(=O)N(C)[C@H]1c1ccc(Cl)cc1. The van der Waals surface area contributed by atoms with Crippen molar-refractivity contribution in [1.82, 2.24) is 9.80 Å². The molecule has 1 aromatic heterocycles. The number of rotatable bonds is 4. The molecule has 1 aliphatic heterocycles. The van der Waals surface area contributed by atoms with Crippen molar-refractivity contribution in [3.63, 3.8) is 0 Å². The van der Waals surface area contributed by atoms with Gasteiger partial charge in [-0.3, -0.25) is 9.59 Å². The molecule has 132 valence electrons. The average molecular weight is 363 g/mol. The molecule has 2 amide bonds. The first-order valence-electron chi connectivity index (χ1n) is 7.87. The van der Waals surface area contributed by atoms with Crippen molar-refractivity contribution in [3.05, 3.63) is 59.0 Å². The summed E-state index contributed by atoms with van der Waals surface area (Å²) >= 11 is 5.95. The van der Waals surface area contributed by atoms with Crippen LogP contribution in [-0.2, 0) is 20.9 Å². The molecule has 1 aliphatic rings. The van der Waals surface area contributed by atoms with Crippen molar-refractivity contribution in [2.45, 2.75) is 18.7 Å². The van der Waals surface area contributed by atoms with Gasteiger partial charge in [0.25, 0.3) is 5.91 Å². The van der Waals surface area contributed by atoms with Crippen LogP contribution in [-0.4, -0.2) is 48.4 Å². The fraction of sp³-hybridized carbons (Fsp3) is 0.333. The van der Waals surface area contributed by atoms with E-state index in [1.165, 1.54) is 4.90 Å². The van der Waals surface area contributed by atoms with Crippen LogP contribution in [0.2, 0.25) is 5.02 Å². The minimum Gasteiger partial charge on any atom is -0.467 e. The van der Waals surface area contributed by atoms with E-state index in [1.807, 2.05) is 0 Å². The van der Waals surface area contributed by atoms with Gasteiger partial charge >= 0.3 is 0 Å². The Bertz CT molecular complexity index is 745. The van der Waals surface area contributed by atoms with Crippen LogP contribution in [0.4, 0.5) is 0 Å². The van der Waals surface area contributed by atoms with Gasteiger partial charge in [-0.25, -0.2) is 0 Å². The molecule has 0 unspecified atom stereocenters. The molecule has 0 N–H and O–H groups in total. The van der Waals surface area contributed by atoms with Crippen molar-refractivity contribution in [2.75, 3.05) is 20.7 Å². The number of carbonyl (C=O) groups is 2. The molecule has 0 saturated carbocycles. The van der Waals surface area contributed by atoms with Gasteiger partial charge in [-0.1, -0.05) is 23.7 Å². The first kappa shape index (κ1) is 17.5. The van der Waals surface area contributed by atoms with E-state index in [0.717, 1.165) is 5.56 Å². The average Bonchev–Trinajstić information content (AvgIpc) is 3.10. The molecule has 1 saturated heterocycles. The van der Waals surface area contributed by atoms with E-state index in [1.54, 1.807) is 61.7 Å². The maximum atomic E-state index is 12.9. The molecule has 2 atom stereocenters. The number of nitrogens with zero attached hydrogens (tertiary/aromatic N) is 2. The highest BCUT2D eigenvalue weighted by Gasteiger charge is 2.41. The third kappa shape index (κ3) is 3.70.